The number of hydrogen-bond donors (Lipinski definition) is 1. The Morgan fingerprint density at radius 1 is 1.17 bits per heavy atom. The molecule has 0 radical (unpaired) electrons. The molecule has 0 aliphatic heterocycles. The van der Waals surface area contributed by atoms with E-state index in [-0.39, 0.29) is 0 Å². The number of halogens is 1. The Kier molecular flexibility index (Phi) is 4.19. The molecule has 0 amide bonds. The monoisotopic (exact) mass is 323 g/mol. The van der Waals surface area contributed by atoms with E-state index in [2.05, 4.69) is 15.9 Å². The summed E-state index contributed by atoms with van der Waals surface area (Å²) in [4.78, 5) is 0.836. The molecule has 0 spiro atoms. The van der Waals surface area contributed by atoms with Crippen molar-refractivity contribution in [3.63, 3.8) is 0 Å². The molecule has 0 bridgehead atoms. The number of hydrogen-bond acceptors (Lipinski definition) is 2. The first kappa shape index (κ1) is 13.3. The second-order valence-electron chi connectivity index (χ2n) is 4.15. The highest BCUT2D eigenvalue weighted by molar-refractivity contribution is 9.10. The molecular weight excluding hydrogens is 310 g/mol. The molecular formula is C14H14BrNOS. The van der Waals surface area contributed by atoms with Gasteiger partial charge in [-0.3, -0.25) is 4.21 Å². The summed E-state index contributed by atoms with van der Waals surface area (Å²) in [7, 11) is -1.05. The van der Waals surface area contributed by atoms with Gasteiger partial charge in [0.25, 0.3) is 0 Å². The van der Waals surface area contributed by atoms with Gasteiger partial charge >= 0.3 is 0 Å². The normalized spacial score (nSPS) is 12.3. The van der Waals surface area contributed by atoms with E-state index in [0.29, 0.717) is 11.4 Å². The molecule has 94 valence electrons. The fourth-order valence-electron chi connectivity index (χ4n) is 1.61. The lowest BCUT2D eigenvalue weighted by atomic mass is 10.2. The van der Waals surface area contributed by atoms with Gasteiger partial charge in [-0.2, -0.15) is 0 Å². The Hall–Kier alpha value is -1.13. The van der Waals surface area contributed by atoms with Gasteiger partial charge in [-0.1, -0.05) is 39.7 Å². The SMILES string of the molecule is Cc1ccc(S(=O)Cc2ccc(Br)cc2N)cc1. The second-order valence-corrected chi connectivity index (χ2v) is 6.51. The summed E-state index contributed by atoms with van der Waals surface area (Å²) in [5, 5.41) is 0. The fraction of sp³-hybridized carbons (Fsp3) is 0.143. The first-order valence-electron chi connectivity index (χ1n) is 5.55. The lowest BCUT2D eigenvalue weighted by molar-refractivity contribution is 0.682. The topological polar surface area (TPSA) is 43.1 Å². The van der Waals surface area contributed by atoms with Crippen LogP contribution in [0.2, 0.25) is 0 Å². The molecule has 0 aromatic heterocycles. The minimum absolute atomic E-state index is 0.447. The predicted molar refractivity (Wildman–Crippen MR) is 79.8 cm³/mol. The average Bonchev–Trinajstić information content (AvgIpc) is 2.33. The smallest absolute Gasteiger partial charge is 0.0574 e. The Morgan fingerprint density at radius 3 is 2.44 bits per heavy atom. The third-order valence-corrected chi connectivity index (χ3v) is 4.54. The summed E-state index contributed by atoms with van der Waals surface area (Å²) in [6.07, 6.45) is 0. The van der Waals surface area contributed by atoms with Crippen molar-refractivity contribution in [1.82, 2.24) is 0 Å². The zero-order valence-corrected chi connectivity index (χ0v) is 12.4. The summed E-state index contributed by atoms with van der Waals surface area (Å²) >= 11 is 3.36. The summed E-state index contributed by atoms with van der Waals surface area (Å²) in [6.45, 7) is 2.01. The molecule has 2 aromatic carbocycles. The zero-order valence-electron chi connectivity index (χ0n) is 10.0. The number of benzene rings is 2. The summed E-state index contributed by atoms with van der Waals surface area (Å²) in [5.74, 6) is 0.447. The van der Waals surface area contributed by atoms with Gasteiger partial charge in [0.2, 0.25) is 0 Å². The molecule has 2 aromatic rings. The highest BCUT2D eigenvalue weighted by Gasteiger charge is 2.07. The van der Waals surface area contributed by atoms with E-state index in [1.165, 1.54) is 5.56 Å². The summed E-state index contributed by atoms with van der Waals surface area (Å²) in [6, 6.07) is 13.4. The molecule has 0 aliphatic carbocycles. The second kappa shape index (κ2) is 5.67. The van der Waals surface area contributed by atoms with Crippen molar-refractivity contribution >= 4 is 32.4 Å². The largest absolute Gasteiger partial charge is 0.398 e. The maximum Gasteiger partial charge on any atom is 0.0574 e. The van der Waals surface area contributed by atoms with Crippen molar-refractivity contribution in [3.05, 3.63) is 58.1 Å². The van der Waals surface area contributed by atoms with Gasteiger partial charge in [-0.15, -0.1) is 0 Å². The maximum absolute atomic E-state index is 12.2. The van der Waals surface area contributed by atoms with Gasteiger partial charge in [0.05, 0.1) is 16.6 Å². The lowest BCUT2D eigenvalue weighted by Gasteiger charge is -2.06. The maximum atomic E-state index is 12.2. The van der Waals surface area contributed by atoms with Crippen LogP contribution in [0.1, 0.15) is 11.1 Å². The van der Waals surface area contributed by atoms with Crippen LogP contribution in [0.5, 0.6) is 0 Å². The molecule has 0 heterocycles. The standard InChI is InChI=1S/C14H14BrNOS/c1-10-2-6-13(7-3-10)18(17)9-11-4-5-12(15)8-14(11)16/h2-8H,9,16H2,1H3. The molecule has 2 N–H and O–H groups in total. The highest BCUT2D eigenvalue weighted by Crippen LogP contribution is 2.21. The van der Waals surface area contributed by atoms with Gasteiger partial charge in [-0.05, 0) is 36.8 Å². The van der Waals surface area contributed by atoms with Gasteiger partial charge in [0.15, 0.2) is 0 Å². The molecule has 0 aliphatic rings. The Labute approximate surface area is 118 Å². The summed E-state index contributed by atoms with van der Waals surface area (Å²) in [5.41, 5.74) is 8.66. The van der Waals surface area contributed by atoms with Crippen molar-refractivity contribution < 1.29 is 4.21 Å². The molecule has 1 atom stereocenters. The van der Waals surface area contributed by atoms with Crippen molar-refractivity contribution in [2.75, 3.05) is 5.73 Å². The van der Waals surface area contributed by atoms with Crippen molar-refractivity contribution in [3.8, 4) is 0 Å². The van der Waals surface area contributed by atoms with Gasteiger partial charge in [0.1, 0.15) is 0 Å². The molecule has 1 unspecified atom stereocenters. The van der Waals surface area contributed by atoms with Crippen LogP contribution in [0, 0.1) is 6.92 Å². The molecule has 0 saturated carbocycles. The van der Waals surface area contributed by atoms with Gasteiger partial charge in [-0.25, -0.2) is 0 Å². The van der Waals surface area contributed by atoms with Crippen molar-refractivity contribution in [2.45, 2.75) is 17.6 Å². The highest BCUT2D eigenvalue weighted by atomic mass is 79.9. The zero-order chi connectivity index (χ0) is 13.1. The number of nitrogens with two attached hydrogens (primary N) is 1. The number of nitrogen functional groups attached to an aromatic ring is 1. The molecule has 2 nitrogen and oxygen atoms in total. The average molecular weight is 324 g/mol. The third-order valence-electron chi connectivity index (χ3n) is 2.68. The molecule has 18 heavy (non-hydrogen) atoms. The minimum Gasteiger partial charge on any atom is -0.398 e. The first-order valence-corrected chi connectivity index (χ1v) is 7.66. The number of rotatable bonds is 3. The van der Waals surface area contributed by atoms with Crippen molar-refractivity contribution in [2.24, 2.45) is 0 Å². The van der Waals surface area contributed by atoms with Crippen LogP contribution in [0.3, 0.4) is 0 Å². The molecule has 2 rings (SSSR count). The van der Waals surface area contributed by atoms with E-state index >= 15 is 0 Å². The minimum atomic E-state index is -1.05. The Bertz CT molecular complexity index is 581. The van der Waals surface area contributed by atoms with E-state index in [0.717, 1.165) is 14.9 Å². The Balaban J connectivity index is 2.18. The first-order chi connectivity index (χ1) is 8.56. The molecule has 4 heteroatoms. The predicted octanol–water partition coefficient (Wildman–Crippen LogP) is 3.65. The molecule has 0 fully saturated rings. The van der Waals surface area contributed by atoms with Crippen LogP contribution >= 0.6 is 15.9 Å². The van der Waals surface area contributed by atoms with E-state index < -0.39 is 10.8 Å². The van der Waals surface area contributed by atoms with Crippen molar-refractivity contribution in [1.29, 1.82) is 0 Å². The lowest BCUT2D eigenvalue weighted by Crippen LogP contribution is -2.00. The molecule has 0 saturated heterocycles. The third kappa shape index (κ3) is 3.21. The van der Waals surface area contributed by atoms with E-state index in [4.69, 9.17) is 5.73 Å². The van der Waals surface area contributed by atoms with E-state index in [9.17, 15) is 4.21 Å². The number of aryl methyl sites for hydroxylation is 1. The van der Waals surface area contributed by atoms with Crippen LogP contribution in [-0.4, -0.2) is 4.21 Å². The quantitative estimate of drug-likeness (QED) is 0.876. The van der Waals surface area contributed by atoms with E-state index in [1.54, 1.807) is 0 Å². The van der Waals surface area contributed by atoms with Crippen LogP contribution in [0.25, 0.3) is 0 Å². The van der Waals surface area contributed by atoms with Crippen LogP contribution in [0.4, 0.5) is 5.69 Å². The Morgan fingerprint density at radius 2 is 1.83 bits per heavy atom. The van der Waals surface area contributed by atoms with Crippen LogP contribution in [-0.2, 0) is 16.6 Å². The fourth-order valence-corrected chi connectivity index (χ4v) is 3.14. The van der Waals surface area contributed by atoms with Gasteiger partial charge in [0, 0.05) is 15.1 Å². The summed E-state index contributed by atoms with van der Waals surface area (Å²) < 4.78 is 13.1. The van der Waals surface area contributed by atoms with Crippen LogP contribution in [0.15, 0.2) is 51.8 Å². The van der Waals surface area contributed by atoms with E-state index in [1.807, 2.05) is 49.4 Å². The van der Waals surface area contributed by atoms with Crippen LogP contribution < -0.4 is 5.73 Å². The van der Waals surface area contributed by atoms with Gasteiger partial charge < -0.3 is 5.73 Å². The number of anilines is 1.